The lowest BCUT2D eigenvalue weighted by molar-refractivity contribution is 1.18. The van der Waals surface area contributed by atoms with E-state index in [2.05, 4.69) is 33.9 Å². The minimum absolute atomic E-state index is 0.678. The first-order valence-electron chi connectivity index (χ1n) is 6.07. The molecular formula is C15H14BrN3. The van der Waals surface area contributed by atoms with Crippen molar-refractivity contribution in [2.24, 2.45) is 0 Å². The number of pyridine rings is 1. The van der Waals surface area contributed by atoms with Gasteiger partial charge in [-0.3, -0.25) is 4.40 Å². The molecule has 1 aromatic carbocycles. The molecule has 3 rings (SSSR count). The zero-order valence-electron chi connectivity index (χ0n) is 10.8. The number of imidazole rings is 1. The van der Waals surface area contributed by atoms with Gasteiger partial charge in [-0.2, -0.15) is 0 Å². The van der Waals surface area contributed by atoms with Gasteiger partial charge >= 0.3 is 0 Å². The van der Waals surface area contributed by atoms with Crippen LogP contribution in [0.1, 0.15) is 11.1 Å². The van der Waals surface area contributed by atoms with Crippen LogP contribution < -0.4 is 5.73 Å². The van der Waals surface area contributed by atoms with Crippen LogP contribution in [0.5, 0.6) is 0 Å². The maximum absolute atomic E-state index is 6.20. The molecule has 0 fully saturated rings. The number of benzene rings is 1. The van der Waals surface area contributed by atoms with Crippen LogP contribution in [0.2, 0.25) is 0 Å². The molecule has 19 heavy (non-hydrogen) atoms. The van der Waals surface area contributed by atoms with E-state index in [-0.39, 0.29) is 0 Å². The smallest absolute Gasteiger partial charge is 0.139 e. The second-order valence-electron chi connectivity index (χ2n) is 4.74. The average molecular weight is 316 g/mol. The highest BCUT2D eigenvalue weighted by Crippen LogP contribution is 2.29. The summed E-state index contributed by atoms with van der Waals surface area (Å²) >= 11 is 3.51. The van der Waals surface area contributed by atoms with Crippen molar-refractivity contribution in [1.29, 1.82) is 0 Å². The summed E-state index contributed by atoms with van der Waals surface area (Å²) in [6, 6.07) is 10.2. The predicted molar refractivity (Wildman–Crippen MR) is 82.2 cm³/mol. The molecule has 0 bridgehead atoms. The van der Waals surface area contributed by atoms with Crippen molar-refractivity contribution < 1.29 is 0 Å². The Bertz CT molecular complexity index is 774. The Balaban J connectivity index is 2.24. The summed E-state index contributed by atoms with van der Waals surface area (Å²) in [5, 5.41) is 0. The van der Waals surface area contributed by atoms with Crippen LogP contribution in [0.3, 0.4) is 0 Å². The summed E-state index contributed by atoms with van der Waals surface area (Å²) in [7, 11) is 0. The Morgan fingerprint density at radius 3 is 2.68 bits per heavy atom. The second-order valence-corrected chi connectivity index (χ2v) is 5.60. The number of hydrogen-bond donors (Lipinski definition) is 1. The number of nitrogens with two attached hydrogens (primary N) is 1. The van der Waals surface area contributed by atoms with Crippen molar-refractivity contribution in [1.82, 2.24) is 9.38 Å². The Morgan fingerprint density at radius 1 is 1.16 bits per heavy atom. The van der Waals surface area contributed by atoms with Crippen molar-refractivity contribution in [3.8, 4) is 11.3 Å². The summed E-state index contributed by atoms with van der Waals surface area (Å²) in [6.45, 7) is 4.11. The third kappa shape index (κ3) is 2.02. The van der Waals surface area contributed by atoms with Gasteiger partial charge in [0, 0.05) is 16.2 Å². The minimum Gasteiger partial charge on any atom is -0.383 e. The van der Waals surface area contributed by atoms with E-state index < -0.39 is 0 Å². The highest BCUT2D eigenvalue weighted by molar-refractivity contribution is 9.10. The van der Waals surface area contributed by atoms with E-state index in [0.717, 1.165) is 21.4 Å². The number of nitrogen functional groups attached to an aromatic ring is 1. The van der Waals surface area contributed by atoms with Crippen LogP contribution in [0, 0.1) is 13.8 Å². The number of aryl methyl sites for hydroxylation is 2. The molecule has 0 saturated heterocycles. The molecule has 0 aliphatic carbocycles. The third-order valence-corrected chi connectivity index (χ3v) is 4.14. The summed E-state index contributed by atoms with van der Waals surface area (Å²) in [5.41, 5.74) is 11.3. The average Bonchev–Trinajstić information content (AvgIpc) is 2.70. The van der Waals surface area contributed by atoms with E-state index in [1.54, 1.807) is 0 Å². The van der Waals surface area contributed by atoms with E-state index in [1.807, 2.05) is 41.8 Å². The highest BCUT2D eigenvalue weighted by atomic mass is 79.9. The van der Waals surface area contributed by atoms with Gasteiger partial charge in [0.1, 0.15) is 17.2 Å². The number of anilines is 1. The van der Waals surface area contributed by atoms with Crippen LogP contribution in [-0.2, 0) is 0 Å². The molecule has 0 aliphatic rings. The first kappa shape index (κ1) is 12.2. The summed E-state index contributed by atoms with van der Waals surface area (Å²) in [4.78, 5) is 4.64. The molecule has 0 saturated carbocycles. The van der Waals surface area contributed by atoms with Gasteiger partial charge in [0.15, 0.2) is 0 Å². The Hall–Kier alpha value is -1.81. The fourth-order valence-electron chi connectivity index (χ4n) is 2.17. The lowest BCUT2D eigenvalue weighted by Crippen LogP contribution is -1.94. The zero-order valence-corrected chi connectivity index (χ0v) is 12.4. The SMILES string of the molecule is Cc1ccn2c(N)c(-c3ccc(Br)c(C)c3)nc2c1. The molecule has 0 spiro atoms. The highest BCUT2D eigenvalue weighted by Gasteiger charge is 2.11. The van der Waals surface area contributed by atoms with E-state index in [1.165, 1.54) is 11.1 Å². The summed E-state index contributed by atoms with van der Waals surface area (Å²) < 4.78 is 3.01. The van der Waals surface area contributed by atoms with Gasteiger partial charge in [-0.1, -0.05) is 22.0 Å². The van der Waals surface area contributed by atoms with Crippen molar-refractivity contribution in [3.63, 3.8) is 0 Å². The number of halogens is 1. The van der Waals surface area contributed by atoms with Gasteiger partial charge in [0.25, 0.3) is 0 Å². The summed E-state index contributed by atoms with van der Waals surface area (Å²) in [5.74, 6) is 0.678. The lowest BCUT2D eigenvalue weighted by atomic mass is 10.1. The molecule has 3 nitrogen and oxygen atoms in total. The molecular weight excluding hydrogens is 302 g/mol. The predicted octanol–water partition coefficient (Wildman–Crippen LogP) is 3.96. The molecule has 96 valence electrons. The Kier molecular flexibility index (Phi) is 2.82. The first-order valence-corrected chi connectivity index (χ1v) is 6.86. The molecule has 3 aromatic rings. The van der Waals surface area contributed by atoms with Crippen molar-refractivity contribution in [3.05, 3.63) is 52.1 Å². The maximum Gasteiger partial charge on any atom is 0.139 e. The lowest BCUT2D eigenvalue weighted by Gasteiger charge is -2.03. The molecule has 2 N–H and O–H groups in total. The fraction of sp³-hybridized carbons (Fsp3) is 0.133. The van der Waals surface area contributed by atoms with Gasteiger partial charge in [-0.05, 0) is 49.2 Å². The molecule has 0 radical (unpaired) electrons. The Morgan fingerprint density at radius 2 is 1.95 bits per heavy atom. The molecule has 0 atom stereocenters. The Labute approximate surface area is 120 Å². The number of rotatable bonds is 1. The van der Waals surface area contributed by atoms with Gasteiger partial charge in [0.2, 0.25) is 0 Å². The standard InChI is InChI=1S/C15H14BrN3/c1-9-5-6-19-13(7-9)18-14(15(19)17)11-3-4-12(16)10(2)8-11/h3-8H,17H2,1-2H3. The van der Waals surface area contributed by atoms with Crippen LogP contribution in [0.25, 0.3) is 16.9 Å². The van der Waals surface area contributed by atoms with Gasteiger partial charge in [-0.15, -0.1) is 0 Å². The van der Waals surface area contributed by atoms with Crippen LogP contribution in [0.4, 0.5) is 5.82 Å². The number of hydrogen-bond acceptors (Lipinski definition) is 2. The van der Waals surface area contributed by atoms with Crippen molar-refractivity contribution >= 4 is 27.4 Å². The monoisotopic (exact) mass is 315 g/mol. The van der Waals surface area contributed by atoms with Crippen molar-refractivity contribution in [2.45, 2.75) is 13.8 Å². The van der Waals surface area contributed by atoms with Crippen LogP contribution >= 0.6 is 15.9 Å². The second kappa shape index (κ2) is 4.38. The first-order chi connectivity index (χ1) is 9.06. The van der Waals surface area contributed by atoms with E-state index in [4.69, 9.17) is 5.73 Å². The fourth-order valence-corrected chi connectivity index (χ4v) is 2.42. The molecule has 2 heterocycles. The summed E-state index contributed by atoms with van der Waals surface area (Å²) in [6.07, 6.45) is 1.96. The molecule has 4 heteroatoms. The number of nitrogens with zero attached hydrogens (tertiary/aromatic N) is 2. The number of aromatic nitrogens is 2. The molecule has 2 aromatic heterocycles. The van der Waals surface area contributed by atoms with Crippen LogP contribution in [0.15, 0.2) is 41.0 Å². The number of fused-ring (bicyclic) bond motifs is 1. The van der Waals surface area contributed by atoms with E-state index in [9.17, 15) is 0 Å². The van der Waals surface area contributed by atoms with Gasteiger partial charge in [-0.25, -0.2) is 4.98 Å². The van der Waals surface area contributed by atoms with Gasteiger partial charge < -0.3 is 5.73 Å². The minimum atomic E-state index is 0.678. The normalized spacial score (nSPS) is 11.1. The molecule has 0 aliphatic heterocycles. The van der Waals surface area contributed by atoms with Crippen LogP contribution in [-0.4, -0.2) is 9.38 Å². The van der Waals surface area contributed by atoms with E-state index >= 15 is 0 Å². The zero-order chi connectivity index (χ0) is 13.6. The largest absolute Gasteiger partial charge is 0.383 e. The van der Waals surface area contributed by atoms with E-state index in [0.29, 0.717) is 5.82 Å². The maximum atomic E-state index is 6.20. The topological polar surface area (TPSA) is 43.3 Å². The third-order valence-electron chi connectivity index (χ3n) is 3.25. The quantitative estimate of drug-likeness (QED) is 0.738. The molecule has 0 unspecified atom stereocenters. The van der Waals surface area contributed by atoms with Crippen molar-refractivity contribution in [2.75, 3.05) is 5.73 Å². The molecule has 0 amide bonds. The van der Waals surface area contributed by atoms with Gasteiger partial charge in [0.05, 0.1) is 0 Å².